The molecule has 0 saturated carbocycles. The molecule has 1 aliphatic rings. The molecule has 6 heteroatoms. The number of hydrogen-bond acceptors (Lipinski definition) is 4. The van der Waals surface area contributed by atoms with Crippen LogP contribution in [0.2, 0.25) is 5.02 Å². The molecule has 0 unspecified atom stereocenters. The molecule has 3 rings (SSSR count). The first-order chi connectivity index (χ1) is 11.5. The summed E-state index contributed by atoms with van der Waals surface area (Å²) in [6.45, 7) is 4.24. The molecule has 1 heterocycles. The smallest absolute Gasteiger partial charge is 0.261 e. The van der Waals surface area contributed by atoms with Gasteiger partial charge in [-0.25, -0.2) is 0 Å². The van der Waals surface area contributed by atoms with Gasteiger partial charge in [0, 0.05) is 6.54 Å². The summed E-state index contributed by atoms with van der Waals surface area (Å²) in [5.74, 6) is 1.69. The third kappa shape index (κ3) is 3.74. The molecule has 5 nitrogen and oxygen atoms in total. The molecule has 1 atom stereocenters. The number of carbonyl (C=O) groups is 1. The van der Waals surface area contributed by atoms with Crippen LogP contribution in [0.4, 0.5) is 0 Å². The van der Waals surface area contributed by atoms with Crippen molar-refractivity contribution >= 4 is 17.5 Å². The van der Waals surface area contributed by atoms with E-state index >= 15 is 0 Å². The Bertz CT molecular complexity index is 763. The summed E-state index contributed by atoms with van der Waals surface area (Å²) >= 11 is 6.12. The molecule has 0 spiro atoms. The third-order valence-corrected chi connectivity index (χ3v) is 3.96. The summed E-state index contributed by atoms with van der Waals surface area (Å²) in [4.78, 5) is 12.2. The van der Waals surface area contributed by atoms with Crippen molar-refractivity contribution in [3.8, 4) is 17.2 Å². The SMILES string of the molecule is Cc1ccc(O[C@@H](C)C(=O)NCc2ccc3c(c2)OCO3)c(Cl)c1. The van der Waals surface area contributed by atoms with Gasteiger partial charge in [0.25, 0.3) is 5.91 Å². The van der Waals surface area contributed by atoms with E-state index in [0.717, 1.165) is 16.9 Å². The van der Waals surface area contributed by atoms with Crippen molar-refractivity contribution < 1.29 is 19.0 Å². The van der Waals surface area contributed by atoms with Gasteiger partial charge in [-0.05, 0) is 49.2 Å². The van der Waals surface area contributed by atoms with E-state index in [1.807, 2.05) is 31.2 Å². The standard InChI is InChI=1S/C18H18ClNO4/c1-11-3-5-15(14(19)7-11)24-12(2)18(21)20-9-13-4-6-16-17(8-13)23-10-22-16/h3-8,12H,9-10H2,1-2H3,(H,20,21)/t12-/m0/s1. The number of rotatable bonds is 5. The second kappa shape index (κ2) is 7.01. The maximum atomic E-state index is 12.2. The summed E-state index contributed by atoms with van der Waals surface area (Å²) in [7, 11) is 0. The van der Waals surface area contributed by atoms with Crippen molar-refractivity contribution in [2.45, 2.75) is 26.5 Å². The van der Waals surface area contributed by atoms with Crippen molar-refractivity contribution in [1.29, 1.82) is 0 Å². The van der Waals surface area contributed by atoms with E-state index in [0.29, 0.717) is 23.1 Å². The van der Waals surface area contributed by atoms with Crippen LogP contribution in [0.3, 0.4) is 0 Å². The Kier molecular flexibility index (Phi) is 4.81. The van der Waals surface area contributed by atoms with Gasteiger partial charge < -0.3 is 19.5 Å². The first kappa shape index (κ1) is 16.5. The van der Waals surface area contributed by atoms with Crippen LogP contribution in [0.5, 0.6) is 17.2 Å². The lowest BCUT2D eigenvalue weighted by atomic mass is 10.2. The molecule has 0 radical (unpaired) electrons. The first-order valence-corrected chi connectivity index (χ1v) is 8.00. The van der Waals surface area contributed by atoms with E-state index in [9.17, 15) is 4.79 Å². The summed E-state index contributed by atoms with van der Waals surface area (Å²) < 4.78 is 16.2. The van der Waals surface area contributed by atoms with E-state index in [-0.39, 0.29) is 12.7 Å². The Morgan fingerprint density at radius 3 is 2.83 bits per heavy atom. The zero-order chi connectivity index (χ0) is 17.1. The van der Waals surface area contributed by atoms with Crippen LogP contribution in [0, 0.1) is 6.92 Å². The highest BCUT2D eigenvalue weighted by molar-refractivity contribution is 6.32. The fourth-order valence-corrected chi connectivity index (χ4v) is 2.61. The van der Waals surface area contributed by atoms with E-state index in [1.54, 1.807) is 19.1 Å². The van der Waals surface area contributed by atoms with Gasteiger partial charge in [0.1, 0.15) is 5.75 Å². The van der Waals surface area contributed by atoms with Crippen LogP contribution in [0.1, 0.15) is 18.1 Å². The second-order valence-corrected chi connectivity index (χ2v) is 6.01. The van der Waals surface area contributed by atoms with E-state index in [2.05, 4.69) is 5.32 Å². The zero-order valence-corrected chi connectivity index (χ0v) is 14.2. The van der Waals surface area contributed by atoms with Crippen LogP contribution >= 0.6 is 11.6 Å². The molecule has 1 amide bonds. The highest BCUT2D eigenvalue weighted by Gasteiger charge is 2.17. The van der Waals surface area contributed by atoms with Crippen LogP contribution < -0.4 is 19.5 Å². The fraction of sp³-hybridized carbons (Fsp3) is 0.278. The minimum absolute atomic E-state index is 0.218. The van der Waals surface area contributed by atoms with E-state index < -0.39 is 6.10 Å². The Morgan fingerprint density at radius 2 is 2.04 bits per heavy atom. The number of fused-ring (bicyclic) bond motifs is 1. The monoisotopic (exact) mass is 347 g/mol. The molecule has 0 aliphatic carbocycles. The van der Waals surface area contributed by atoms with Crippen molar-refractivity contribution in [2.75, 3.05) is 6.79 Å². The summed E-state index contributed by atoms with van der Waals surface area (Å²) in [5, 5.41) is 3.33. The molecule has 24 heavy (non-hydrogen) atoms. The van der Waals surface area contributed by atoms with E-state index in [1.165, 1.54) is 0 Å². The van der Waals surface area contributed by atoms with Crippen molar-refractivity contribution in [3.05, 3.63) is 52.5 Å². The lowest BCUT2D eigenvalue weighted by Gasteiger charge is -2.16. The first-order valence-electron chi connectivity index (χ1n) is 7.62. The Hall–Kier alpha value is -2.40. The fourth-order valence-electron chi connectivity index (χ4n) is 2.33. The minimum Gasteiger partial charge on any atom is -0.479 e. The molecule has 126 valence electrons. The quantitative estimate of drug-likeness (QED) is 0.900. The molecular weight excluding hydrogens is 330 g/mol. The largest absolute Gasteiger partial charge is 0.479 e. The summed E-state index contributed by atoms with van der Waals surface area (Å²) in [6.07, 6.45) is -0.654. The van der Waals surface area contributed by atoms with Gasteiger partial charge in [0.15, 0.2) is 17.6 Å². The number of benzene rings is 2. The second-order valence-electron chi connectivity index (χ2n) is 5.60. The number of halogens is 1. The predicted octanol–water partition coefficient (Wildman–Crippen LogP) is 3.46. The van der Waals surface area contributed by atoms with Crippen LogP contribution in [-0.2, 0) is 11.3 Å². The highest BCUT2D eigenvalue weighted by atomic mass is 35.5. The number of ether oxygens (including phenoxy) is 3. The van der Waals surface area contributed by atoms with Gasteiger partial charge in [-0.1, -0.05) is 23.7 Å². The van der Waals surface area contributed by atoms with E-state index in [4.69, 9.17) is 25.8 Å². The Labute approximate surface area is 145 Å². The van der Waals surface area contributed by atoms with Gasteiger partial charge in [-0.3, -0.25) is 4.79 Å². The van der Waals surface area contributed by atoms with Crippen LogP contribution in [0.25, 0.3) is 0 Å². The number of amides is 1. The lowest BCUT2D eigenvalue weighted by Crippen LogP contribution is -2.35. The zero-order valence-electron chi connectivity index (χ0n) is 13.5. The maximum Gasteiger partial charge on any atom is 0.261 e. The normalized spacial score (nSPS) is 13.5. The molecule has 2 aromatic rings. The molecular formula is C18H18ClNO4. The Balaban J connectivity index is 1.56. The summed E-state index contributed by atoms with van der Waals surface area (Å²) in [5.41, 5.74) is 1.96. The topological polar surface area (TPSA) is 56.8 Å². The van der Waals surface area contributed by atoms with Crippen molar-refractivity contribution in [3.63, 3.8) is 0 Å². The van der Waals surface area contributed by atoms with Gasteiger partial charge in [-0.2, -0.15) is 0 Å². The Morgan fingerprint density at radius 1 is 1.25 bits per heavy atom. The van der Waals surface area contributed by atoms with Gasteiger partial charge in [0.2, 0.25) is 6.79 Å². The number of carbonyl (C=O) groups excluding carboxylic acids is 1. The molecule has 1 aliphatic heterocycles. The number of nitrogens with one attached hydrogen (secondary N) is 1. The van der Waals surface area contributed by atoms with Gasteiger partial charge in [-0.15, -0.1) is 0 Å². The minimum atomic E-state index is -0.654. The molecule has 2 aromatic carbocycles. The maximum absolute atomic E-state index is 12.2. The lowest BCUT2D eigenvalue weighted by molar-refractivity contribution is -0.127. The average molecular weight is 348 g/mol. The van der Waals surface area contributed by atoms with Gasteiger partial charge >= 0.3 is 0 Å². The molecule has 0 aromatic heterocycles. The van der Waals surface area contributed by atoms with Crippen LogP contribution in [0.15, 0.2) is 36.4 Å². The average Bonchev–Trinajstić information content (AvgIpc) is 3.02. The van der Waals surface area contributed by atoms with Crippen LogP contribution in [-0.4, -0.2) is 18.8 Å². The number of aryl methyl sites for hydroxylation is 1. The molecule has 0 bridgehead atoms. The molecule has 0 fully saturated rings. The number of hydrogen-bond donors (Lipinski definition) is 1. The highest BCUT2D eigenvalue weighted by Crippen LogP contribution is 2.32. The third-order valence-electron chi connectivity index (χ3n) is 3.66. The predicted molar refractivity (Wildman–Crippen MR) is 90.7 cm³/mol. The van der Waals surface area contributed by atoms with Crippen molar-refractivity contribution in [2.24, 2.45) is 0 Å². The van der Waals surface area contributed by atoms with Gasteiger partial charge in [0.05, 0.1) is 5.02 Å². The van der Waals surface area contributed by atoms with Crippen molar-refractivity contribution in [1.82, 2.24) is 5.32 Å². The molecule has 0 saturated heterocycles. The summed E-state index contributed by atoms with van der Waals surface area (Å²) in [6, 6.07) is 11.0. The molecule has 1 N–H and O–H groups in total.